The Bertz CT molecular complexity index is 1750. The van der Waals surface area contributed by atoms with Crippen molar-refractivity contribution in [2.45, 2.75) is 13.1 Å². The minimum absolute atomic E-state index is 0.690. The fourth-order valence-electron chi connectivity index (χ4n) is 4.65. The first-order valence-corrected chi connectivity index (χ1v) is 12.5. The Hall–Kier alpha value is -4.35. The first-order valence-electron chi connectivity index (χ1n) is 12.1. The van der Waals surface area contributed by atoms with E-state index in [0.717, 1.165) is 45.5 Å². The molecule has 182 valence electrons. The number of fused-ring (bicyclic) bond motifs is 3. The lowest BCUT2D eigenvalue weighted by Crippen LogP contribution is -2.02. The molecule has 6 rings (SSSR count). The molecule has 0 saturated carbocycles. The van der Waals surface area contributed by atoms with Crippen LogP contribution in [0.2, 0.25) is 5.02 Å². The molecule has 0 aliphatic carbocycles. The lowest BCUT2D eigenvalue weighted by atomic mass is 10.0. The van der Waals surface area contributed by atoms with Crippen molar-refractivity contribution < 1.29 is 4.74 Å². The average molecular weight is 505 g/mol. The van der Waals surface area contributed by atoms with Crippen LogP contribution in [-0.2, 0) is 13.1 Å². The first kappa shape index (κ1) is 23.1. The fourth-order valence-corrected chi connectivity index (χ4v) is 4.82. The van der Waals surface area contributed by atoms with Crippen molar-refractivity contribution in [3.8, 4) is 5.75 Å². The molecule has 0 atom stereocenters. The standard InChI is InChI=1S/C31H25ClN4O/c1-37-26-15-24-3-2-11-34-31(24)30(17-26)36-19-21-5-7-22-13-20(4-6-23(22)14-21)18-35-28-10-12-33-29-16-25(32)8-9-27(28)29/h2-17,36H,18-19H2,1H3,(H,33,35). The van der Waals surface area contributed by atoms with Gasteiger partial charge in [0, 0.05) is 53.0 Å². The van der Waals surface area contributed by atoms with E-state index >= 15 is 0 Å². The third-order valence-electron chi connectivity index (χ3n) is 6.55. The van der Waals surface area contributed by atoms with E-state index in [2.05, 4.69) is 57.0 Å². The number of rotatable bonds is 7. The number of ether oxygens (including phenoxy) is 1. The van der Waals surface area contributed by atoms with Crippen LogP contribution in [0, 0.1) is 0 Å². The maximum atomic E-state index is 6.12. The molecule has 0 saturated heterocycles. The minimum atomic E-state index is 0.690. The highest BCUT2D eigenvalue weighted by molar-refractivity contribution is 6.31. The molecule has 2 N–H and O–H groups in total. The van der Waals surface area contributed by atoms with Gasteiger partial charge in [0.1, 0.15) is 5.75 Å². The van der Waals surface area contributed by atoms with Gasteiger partial charge in [-0.25, -0.2) is 0 Å². The van der Waals surface area contributed by atoms with Crippen molar-refractivity contribution in [3.63, 3.8) is 0 Å². The van der Waals surface area contributed by atoms with E-state index in [1.54, 1.807) is 13.3 Å². The summed E-state index contributed by atoms with van der Waals surface area (Å²) in [5, 5.41) is 12.3. The molecule has 0 aliphatic rings. The maximum absolute atomic E-state index is 6.12. The molecule has 0 amide bonds. The number of methoxy groups -OCH3 is 1. The summed E-state index contributed by atoms with van der Waals surface area (Å²) in [5.41, 5.74) is 6.24. The molecule has 0 radical (unpaired) electrons. The highest BCUT2D eigenvalue weighted by Crippen LogP contribution is 2.29. The second-order valence-corrected chi connectivity index (χ2v) is 9.43. The molecule has 2 heterocycles. The number of hydrogen-bond acceptors (Lipinski definition) is 5. The van der Waals surface area contributed by atoms with E-state index in [0.29, 0.717) is 11.6 Å². The predicted molar refractivity (Wildman–Crippen MR) is 154 cm³/mol. The van der Waals surface area contributed by atoms with E-state index in [4.69, 9.17) is 16.3 Å². The third kappa shape index (κ3) is 4.86. The summed E-state index contributed by atoms with van der Waals surface area (Å²) in [4.78, 5) is 8.98. The molecule has 6 aromatic rings. The van der Waals surface area contributed by atoms with Gasteiger partial charge in [-0.05, 0) is 70.4 Å². The second-order valence-electron chi connectivity index (χ2n) is 8.99. The highest BCUT2D eigenvalue weighted by Gasteiger charge is 2.07. The maximum Gasteiger partial charge on any atom is 0.121 e. The van der Waals surface area contributed by atoms with Gasteiger partial charge in [-0.1, -0.05) is 41.9 Å². The van der Waals surface area contributed by atoms with Crippen LogP contribution in [0.3, 0.4) is 0 Å². The molecular weight excluding hydrogens is 480 g/mol. The molecule has 0 aliphatic heterocycles. The van der Waals surface area contributed by atoms with Crippen molar-refractivity contribution in [1.29, 1.82) is 0 Å². The van der Waals surface area contributed by atoms with Crippen molar-refractivity contribution in [1.82, 2.24) is 9.97 Å². The lowest BCUT2D eigenvalue weighted by Gasteiger charge is -2.13. The SMILES string of the molecule is COc1cc(NCc2ccc3cc(CNc4ccnc5cc(Cl)ccc45)ccc3c2)c2ncccc2c1. The molecule has 4 aromatic carbocycles. The van der Waals surface area contributed by atoms with Crippen LogP contribution < -0.4 is 15.4 Å². The summed E-state index contributed by atoms with van der Waals surface area (Å²) < 4.78 is 5.48. The smallest absolute Gasteiger partial charge is 0.121 e. The van der Waals surface area contributed by atoms with Gasteiger partial charge in [-0.15, -0.1) is 0 Å². The van der Waals surface area contributed by atoms with Gasteiger partial charge in [0.05, 0.1) is 23.8 Å². The zero-order valence-corrected chi connectivity index (χ0v) is 21.1. The Morgan fingerprint density at radius 3 is 2.22 bits per heavy atom. The van der Waals surface area contributed by atoms with E-state index in [-0.39, 0.29) is 0 Å². The van der Waals surface area contributed by atoms with Gasteiger partial charge < -0.3 is 15.4 Å². The fraction of sp³-hybridized carbons (Fsp3) is 0.0968. The van der Waals surface area contributed by atoms with Crippen LogP contribution in [0.1, 0.15) is 11.1 Å². The third-order valence-corrected chi connectivity index (χ3v) is 6.79. The number of anilines is 2. The Morgan fingerprint density at radius 2 is 1.46 bits per heavy atom. The Labute approximate surface area is 220 Å². The molecule has 2 aromatic heterocycles. The lowest BCUT2D eigenvalue weighted by molar-refractivity contribution is 0.415. The van der Waals surface area contributed by atoms with E-state index in [1.165, 1.54) is 21.9 Å². The van der Waals surface area contributed by atoms with Crippen molar-refractivity contribution in [2.24, 2.45) is 0 Å². The molecule has 0 bridgehead atoms. The largest absolute Gasteiger partial charge is 0.497 e. The number of halogens is 1. The zero-order chi connectivity index (χ0) is 25.2. The molecule has 37 heavy (non-hydrogen) atoms. The number of pyridine rings is 2. The van der Waals surface area contributed by atoms with Crippen molar-refractivity contribution in [3.05, 3.63) is 113 Å². The Kier molecular flexibility index (Phi) is 6.21. The van der Waals surface area contributed by atoms with Crippen LogP contribution in [-0.4, -0.2) is 17.1 Å². The van der Waals surface area contributed by atoms with Gasteiger partial charge in [0.2, 0.25) is 0 Å². The zero-order valence-electron chi connectivity index (χ0n) is 20.3. The summed E-state index contributed by atoms with van der Waals surface area (Å²) in [6, 6.07) is 28.9. The summed E-state index contributed by atoms with van der Waals surface area (Å²) in [6.07, 6.45) is 3.62. The van der Waals surface area contributed by atoms with Crippen molar-refractivity contribution >= 4 is 55.6 Å². The topological polar surface area (TPSA) is 59.1 Å². The number of aromatic nitrogens is 2. The van der Waals surface area contributed by atoms with Crippen LogP contribution in [0.25, 0.3) is 32.6 Å². The van der Waals surface area contributed by atoms with Gasteiger partial charge >= 0.3 is 0 Å². The van der Waals surface area contributed by atoms with Crippen LogP contribution in [0.5, 0.6) is 5.75 Å². The van der Waals surface area contributed by atoms with E-state index in [9.17, 15) is 0 Å². The van der Waals surface area contributed by atoms with E-state index < -0.39 is 0 Å². The van der Waals surface area contributed by atoms with Crippen LogP contribution in [0.4, 0.5) is 11.4 Å². The number of benzene rings is 4. The highest BCUT2D eigenvalue weighted by atomic mass is 35.5. The van der Waals surface area contributed by atoms with Crippen molar-refractivity contribution in [2.75, 3.05) is 17.7 Å². The molecule has 0 fully saturated rings. The van der Waals surface area contributed by atoms with Gasteiger partial charge in [-0.3, -0.25) is 9.97 Å². The minimum Gasteiger partial charge on any atom is -0.497 e. The molecular formula is C31H25ClN4O. The molecule has 0 spiro atoms. The van der Waals surface area contributed by atoms with Crippen LogP contribution >= 0.6 is 11.6 Å². The van der Waals surface area contributed by atoms with Gasteiger partial charge in [0.25, 0.3) is 0 Å². The first-order chi connectivity index (χ1) is 18.2. The summed E-state index contributed by atoms with van der Waals surface area (Å²) in [5.74, 6) is 0.811. The average Bonchev–Trinajstić information content (AvgIpc) is 2.94. The molecule has 6 heteroatoms. The monoisotopic (exact) mass is 504 g/mol. The second kappa shape index (κ2) is 9.96. The predicted octanol–water partition coefficient (Wildman–Crippen LogP) is 7.82. The summed E-state index contributed by atoms with van der Waals surface area (Å²) in [7, 11) is 1.68. The quantitative estimate of drug-likeness (QED) is 0.232. The number of nitrogens with zero attached hydrogens (tertiary/aromatic N) is 2. The van der Waals surface area contributed by atoms with Gasteiger partial charge in [-0.2, -0.15) is 0 Å². The number of nitrogens with one attached hydrogen (secondary N) is 2. The van der Waals surface area contributed by atoms with Crippen LogP contribution in [0.15, 0.2) is 97.3 Å². The summed E-state index contributed by atoms with van der Waals surface area (Å²) in [6.45, 7) is 1.41. The molecule has 5 nitrogen and oxygen atoms in total. The van der Waals surface area contributed by atoms with E-state index in [1.807, 2.05) is 54.7 Å². The summed E-state index contributed by atoms with van der Waals surface area (Å²) >= 11 is 6.12. The number of hydrogen-bond donors (Lipinski definition) is 2. The normalized spacial score (nSPS) is 11.2. The Balaban J connectivity index is 1.18. The van der Waals surface area contributed by atoms with Gasteiger partial charge in [0.15, 0.2) is 0 Å². The molecule has 0 unspecified atom stereocenters. The Morgan fingerprint density at radius 1 is 0.703 bits per heavy atom.